The van der Waals surface area contributed by atoms with Crippen LogP contribution in [0.1, 0.15) is 0 Å². The van der Waals surface area contributed by atoms with Crippen LogP contribution in [0, 0.1) is 6.42 Å². The van der Waals surface area contributed by atoms with Crippen molar-refractivity contribution in [2.45, 2.75) is 0 Å². The summed E-state index contributed by atoms with van der Waals surface area (Å²) in [6.45, 7) is 1.31. The third kappa shape index (κ3) is 1.84. The average molecular weight is 80.0 g/mol. The molecule has 0 radical (unpaired) electrons. The van der Waals surface area contributed by atoms with Gasteiger partial charge in [-0.3, -0.25) is 16.2 Å². The van der Waals surface area contributed by atoms with Crippen LogP contribution in [0.3, 0.4) is 0 Å². The first-order valence-corrected chi connectivity index (χ1v) is 1.56. The van der Waals surface area contributed by atoms with Crippen molar-refractivity contribution < 1.29 is 28.6 Å². The maximum Gasteiger partial charge on any atom is 1.00 e. The van der Waals surface area contributed by atoms with Gasteiger partial charge in [-0.1, -0.05) is 0 Å². The minimum Gasteiger partial charge on any atom is -0.272 e. The molecule has 0 aromatic heterocycles. The summed E-state index contributed by atoms with van der Waals surface area (Å²) in [5.41, 5.74) is 0. The summed E-state index contributed by atoms with van der Waals surface area (Å²) in [4.78, 5) is 8.78. The van der Waals surface area contributed by atoms with Gasteiger partial charge in [0.2, 0.25) is 0 Å². The van der Waals surface area contributed by atoms with Gasteiger partial charge in [-0.05, 0) is 13.2 Å². The smallest absolute Gasteiger partial charge is 0.272 e. The van der Waals surface area contributed by atoms with Crippen molar-refractivity contribution in [3.8, 4) is 0 Å². The van der Waals surface area contributed by atoms with E-state index in [1.807, 2.05) is 6.42 Å². The van der Waals surface area contributed by atoms with Crippen LogP contribution in [0.5, 0.6) is 0 Å². The van der Waals surface area contributed by atoms with Crippen LogP contribution in [-0.2, 0) is 9.78 Å². The Morgan fingerprint density at radius 1 is 1.17 bits per heavy atom. The molecule has 0 bridgehead atoms. The van der Waals surface area contributed by atoms with E-state index in [9.17, 15) is 0 Å². The Hall–Kier alpha value is 0.517. The number of rotatable bonds is 0. The molecule has 0 atom stereocenters. The quantitative estimate of drug-likeness (QED) is 0.177. The molecule has 2 nitrogen and oxygen atoms in total. The van der Waals surface area contributed by atoms with Gasteiger partial charge in [0.1, 0.15) is 0 Å². The van der Waals surface area contributed by atoms with Crippen molar-refractivity contribution in [1.29, 1.82) is 0 Å². The first-order chi connectivity index (χ1) is 2.50. The predicted octanol–water partition coefficient (Wildman–Crippen LogP) is -2.84. The van der Waals surface area contributed by atoms with E-state index in [0.717, 1.165) is 0 Å². The zero-order chi connectivity index (χ0) is 3.54. The summed E-state index contributed by atoms with van der Waals surface area (Å²) in [6.07, 6.45) is 1.92. The summed E-state index contributed by atoms with van der Waals surface area (Å²) < 4.78 is 0. The van der Waals surface area contributed by atoms with Crippen LogP contribution in [0.25, 0.3) is 0 Å². The fraction of sp³-hybridized carbons (Fsp3) is 0.667. The van der Waals surface area contributed by atoms with Gasteiger partial charge in [0.25, 0.3) is 0 Å². The second-order valence-electron chi connectivity index (χ2n) is 0.858. The van der Waals surface area contributed by atoms with Gasteiger partial charge in [0.05, 0.1) is 0 Å². The van der Waals surface area contributed by atoms with E-state index in [0.29, 0.717) is 13.2 Å². The van der Waals surface area contributed by atoms with Crippen LogP contribution >= 0.6 is 0 Å². The zero-order valence-electron chi connectivity index (χ0n) is 3.81. The van der Waals surface area contributed by atoms with Crippen molar-refractivity contribution in [2.24, 2.45) is 0 Å². The van der Waals surface area contributed by atoms with Gasteiger partial charge >= 0.3 is 18.9 Å². The van der Waals surface area contributed by atoms with Gasteiger partial charge in [-0.25, -0.2) is 0 Å². The number of hydrogen-bond donors (Lipinski definition) is 0. The molecule has 1 heterocycles. The summed E-state index contributed by atoms with van der Waals surface area (Å²) in [6, 6.07) is 0. The largest absolute Gasteiger partial charge is 1.00 e. The molecular formula is C3H5LiO2. The molecular weight excluding hydrogens is 75.0 g/mol. The molecule has 6 heavy (non-hydrogen) atoms. The van der Waals surface area contributed by atoms with Gasteiger partial charge in [-0.2, -0.15) is 0 Å². The molecule has 0 spiro atoms. The van der Waals surface area contributed by atoms with E-state index in [1.54, 1.807) is 0 Å². The molecule has 0 N–H and O–H groups in total. The molecule has 0 amide bonds. The molecule has 0 aromatic rings. The van der Waals surface area contributed by atoms with E-state index < -0.39 is 0 Å². The van der Waals surface area contributed by atoms with E-state index in [1.165, 1.54) is 0 Å². The van der Waals surface area contributed by atoms with Crippen molar-refractivity contribution in [3.05, 3.63) is 6.42 Å². The Bertz CT molecular complexity index is 20.4. The fourth-order valence-corrected chi connectivity index (χ4v) is 0.241. The van der Waals surface area contributed by atoms with Crippen molar-refractivity contribution >= 4 is 0 Å². The Labute approximate surface area is 48.9 Å². The summed E-state index contributed by atoms with van der Waals surface area (Å²) in [5.74, 6) is 0. The Kier molecular flexibility index (Phi) is 4.02. The third-order valence-electron chi connectivity index (χ3n) is 0.455. The standard InChI is InChI=1S/C3H5O2.Li/c1-2-4-5-3-1;/h1H,2-3H2;/q-1;+1. The molecule has 30 valence electrons. The minimum atomic E-state index is 0. The van der Waals surface area contributed by atoms with Gasteiger partial charge < -0.3 is 0 Å². The monoisotopic (exact) mass is 80.0 g/mol. The Balaban J connectivity index is 0.000000250. The molecule has 0 aromatic carbocycles. The molecule has 0 aliphatic carbocycles. The fourth-order valence-electron chi connectivity index (χ4n) is 0.241. The Morgan fingerprint density at radius 3 is 1.83 bits per heavy atom. The summed E-state index contributed by atoms with van der Waals surface area (Å²) in [7, 11) is 0. The SMILES string of the molecule is [CH-]1COOC1.[Li+]. The van der Waals surface area contributed by atoms with Crippen molar-refractivity contribution in [2.75, 3.05) is 13.2 Å². The maximum atomic E-state index is 4.39. The number of hydrogen-bond acceptors (Lipinski definition) is 2. The van der Waals surface area contributed by atoms with Gasteiger partial charge in [0, 0.05) is 0 Å². The molecule has 1 rings (SSSR count). The van der Waals surface area contributed by atoms with Crippen molar-refractivity contribution in [1.82, 2.24) is 0 Å². The average Bonchev–Trinajstić information content (AvgIpc) is 1.76. The van der Waals surface area contributed by atoms with E-state index in [4.69, 9.17) is 0 Å². The maximum absolute atomic E-state index is 4.39. The van der Waals surface area contributed by atoms with Crippen LogP contribution in [-0.4, -0.2) is 13.2 Å². The zero-order valence-corrected chi connectivity index (χ0v) is 3.81. The topological polar surface area (TPSA) is 18.5 Å². The predicted molar refractivity (Wildman–Crippen MR) is 16.2 cm³/mol. The van der Waals surface area contributed by atoms with Crippen LogP contribution < -0.4 is 18.9 Å². The molecule has 3 heteroatoms. The molecule has 1 saturated heterocycles. The van der Waals surface area contributed by atoms with Crippen LogP contribution in [0.2, 0.25) is 0 Å². The normalized spacial score (nSPS) is 20.0. The summed E-state index contributed by atoms with van der Waals surface area (Å²) >= 11 is 0. The third-order valence-corrected chi connectivity index (χ3v) is 0.455. The van der Waals surface area contributed by atoms with Crippen molar-refractivity contribution in [3.63, 3.8) is 0 Å². The van der Waals surface area contributed by atoms with E-state index in [-0.39, 0.29) is 18.9 Å². The van der Waals surface area contributed by atoms with Gasteiger partial charge in [0.15, 0.2) is 0 Å². The summed E-state index contributed by atoms with van der Waals surface area (Å²) in [5, 5.41) is 0. The van der Waals surface area contributed by atoms with E-state index in [2.05, 4.69) is 9.78 Å². The van der Waals surface area contributed by atoms with Gasteiger partial charge in [-0.15, -0.1) is 0 Å². The molecule has 0 saturated carbocycles. The van der Waals surface area contributed by atoms with E-state index >= 15 is 0 Å². The van der Waals surface area contributed by atoms with Crippen LogP contribution in [0.4, 0.5) is 0 Å². The Morgan fingerprint density at radius 2 is 1.67 bits per heavy atom. The first-order valence-electron chi connectivity index (χ1n) is 1.56. The van der Waals surface area contributed by atoms with Crippen LogP contribution in [0.15, 0.2) is 0 Å². The molecule has 1 aliphatic rings. The molecule has 0 unspecified atom stereocenters. The minimum absolute atomic E-state index is 0. The molecule has 1 fully saturated rings. The second-order valence-corrected chi connectivity index (χ2v) is 0.858. The first kappa shape index (κ1) is 6.52. The second kappa shape index (κ2) is 3.70. The molecule has 1 aliphatic heterocycles.